The van der Waals surface area contributed by atoms with Crippen molar-refractivity contribution < 1.29 is 0 Å². The minimum Gasteiger partial charge on any atom is -0.370 e. The lowest BCUT2D eigenvalue weighted by Gasteiger charge is -2.46. The summed E-state index contributed by atoms with van der Waals surface area (Å²) in [5.74, 6) is 1.27. The van der Waals surface area contributed by atoms with Gasteiger partial charge in [-0.3, -0.25) is 9.36 Å². The Morgan fingerprint density at radius 3 is 2.51 bits per heavy atom. The predicted molar refractivity (Wildman–Crippen MR) is 162 cm³/mol. The number of guanidine groups is 1. The Hall–Kier alpha value is -2.77. The summed E-state index contributed by atoms with van der Waals surface area (Å²) in [4.78, 5) is 27.5. The van der Waals surface area contributed by atoms with Gasteiger partial charge in [0.25, 0.3) is 5.56 Å². The monoisotopic (exact) mass is 568 g/mol. The molecule has 1 aliphatic heterocycles. The van der Waals surface area contributed by atoms with E-state index in [4.69, 9.17) is 33.9 Å². The van der Waals surface area contributed by atoms with Crippen molar-refractivity contribution in [3.05, 3.63) is 68.7 Å². The molecule has 4 atom stereocenters. The van der Waals surface area contributed by atoms with E-state index in [2.05, 4.69) is 35.6 Å². The number of aryl methyl sites for hydroxylation is 2. The van der Waals surface area contributed by atoms with E-state index in [-0.39, 0.29) is 17.6 Å². The van der Waals surface area contributed by atoms with Crippen LogP contribution < -0.4 is 16.2 Å². The molecule has 2 aliphatic rings. The lowest BCUT2D eigenvalue weighted by molar-refractivity contribution is 0.283. The van der Waals surface area contributed by atoms with E-state index in [1.54, 1.807) is 17.0 Å². The molecule has 3 aromatic rings. The zero-order chi connectivity index (χ0) is 27.7. The van der Waals surface area contributed by atoms with Crippen molar-refractivity contribution in [1.82, 2.24) is 14.5 Å². The van der Waals surface area contributed by atoms with E-state index in [0.717, 1.165) is 30.8 Å². The first-order valence-electron chi connectivity index (χ1n) is 14.0. The fourth-order valence-corrected chi connectivity index (χ4v) is 6.69. The Kier molecular flexibility index (Phi) is 8.38. The Morgan fingerprint density at radius 1 is 1.05 bits per heavy atom. The number of benzene rings is 2. The Bertz CT molecular complexity index is 1410. The number of aromatic nitrogens is 2. The van der Waals surface area contributed by atoms with E-state index >= 15 is 0 Å². The van der Waals surface area contributed by atoms with Gasteiger partial charge < -0.3 is 15.5 Å². The molecule has 1 aromatic heterocycles. The molecule has 2 N–H and O–H groups in total. The fraction of sp³-hybridized carbons (Fsp3) is 0.500. The van der Waals surface area contributed by atoms with E-state index in [1.165, 1.54) is 19.3 Å². The Balaban J connectivity index is 1.30. The summed E-state index contributed by atoms with van der Waals surface area (Å²) < 4.78 is 1.65. The predicted octanol–water partition coefficient (Wildman–Crippen LogP) is 5.74. The highest BCUT2D eigenvalue weighted by Gasteiger charge is 2.31. The average Bonchev–Trinajstić information content (AvgIpc) is 2.90. The second kappa shape index (κ2) is 11.8. The largest absolute Gasteiger partial charge is 0.370 e. The highest BCUT2D eigenvalue weighted by Crippen LogP contribution is 2.29. The zero-order valence-electron chi connectivity index (χ0n) is 23.0. The van der Waals surface area contributed by atoms with Gasteiger partial charge in [-0.1, -0.05) is 49.0 Å². The van der Waals surface area contributed by atoms with Gasteiger partial charge in [0.15, 0.2) is 5.96 Å². The summed E-state index contributed by atoms with van der Waals surface area (Å²) in [6, 6.07) is 12.2. The molecule has 0 radical (unpaired) electrons. The van der Waals surface area contributed by atoms with Gasteiger partial charge >= 0.3 is 0 Å². The molecule has 1 saturated carbocycles. The number of hydrogen-bond donors (Lipinski definition) is 1. The first-order chi connectivity index (χ1) is 18.7. The second-order valence-electron chi connectivity index (χ2n) is 11.3. The van der Waals surface area contributed by atoms with E-state index < -0.39 is 0 Å². The average molecular weight is 570 g/mol. The molecule has 7 nitrogen and oxygen atoms in total. The molecule has 2 unspecified atom stereocenters. The summed E-state index contributed by atoms with van der Waals surface area (Å²) in [5.41, 5.74) is 9.19. The molecule has 1 aliphatic carbocycles. The Morgan fingerprint density at radius 2 is 1.79 bits per heavy atom. The highest BCUT2D eigenvalue weighted by molar-refractivity contribution is 6.35. The number of nitrogens with two attached hydrogens (primary N) is 1. The molecule has 2 aromatic carbocycles. The third-order valence-corrected chi connectivity index (χ3v) is 8.94. The number of fused-ring (bicyclic) bond motifs is 1. The van der Waals surface area contributed by atoms with Crippen LogP contribution in [-0.4, -0.2) is 51.6 Å². The molecule has 1 saturated heterocycles. The van der Waals surface area contributed by atoms with E-state index in [0.29, 0.717) is 51.8 Å². The van der Waals surface area contributed by atoms with Crippen molar-refractivity contribution in [2.45, 2.75) is 77.5 Å². The number of hydrogen-bond acceptors (Lipinski definition) is 4. The topological polar surface area (TPSA) is 79.8 Å². The number of halogens is 2. The summed E-state index contributed by atoms with van der Waals surface area (Å²) in [5, 5.41) is 1.81. The van der Waals surface area contributed by atoms with Gasteiger partial charge in [-0.15, -0.1) is 0 Å². The molecule has 0 bridgehead atoms. The molecule has 2 heterocycles. The molecular formula is C30H38Cl2N6O. The van der Waals surface area contributed by atoms with Crippen LogP contribution in [0, 0.1) is 5.92 Å². The van der Waals surface area contributed by atoms with Gasteiger partial charge in [0.2, 0.25) is 0 Å². The Labute approximate surface area is 240 Å². The molecule has 0 spiro atoms. The maximum absolute atomic E-state index is 13.2. The van der Waals surface area contributed by atoms with Crippen LogP contribution in [0.25, 0.3) is 10.9 Å². The van der Waals surface area contributed by atoms with Crippen molar-refractivity contribution in [2.75, 3.05) is 18.0 Å². The van der Waals surface area contributed by atoms with Gasteiger partial charge in [-0.25, -0.2) is 9.98 Å². The summed E-state index contributed by atoms with van der Waals surface area (Å²) in [7, 11) is 0. The number of rotatable bonds is 5. The van der Waals surface area contributed by atoms with Crippen LogP contribution >= 0.6 is 23.2 Å². The van der Waals surface area contributed by atoms with Crippen LogP contribution in [0.4, 0.5) is 5.69 Å². The number of anilines is 1. The normalized spacial score (nSPS) is 24.4. The lowest BCUT2D eigenvalue weighted by atomic mass is 9.86. The van der Waals surface area contributed by atoms with Crippen molar-refractivity contribution in [1.29, 1.82) is 0 Å². The molecule has 208 valence electrons. The van der Waals surface area contributed by atoms with Gasteiger partial charge in [0.1, 0.15) is 0 Å². The number of aliphatic imine (C=N–C) groups is 1. The van der Waals surface area contributed by atoms with E-state index in [9.17, 15) is 4.79 Å². The third-order valence-electron chi connectivity index (χ3n) is 8.35. The van der Waals surface area contributed by atoms with Crippen molar-refractivity contribution >= 4 is 45.8 Å². The van der Waals surface area contributed by atoms with Gasteiger partial charge in [-0.05, 0) is 74.9 Å². The summed E-state index contributed by atoms with van der Waals surface area (Å²) >= 11 is 12.3. The standard InChI is InChI=1S/C30H38Cl2N6O/c1-19-6-4-5-7-27(19)35-30(33)37-16-20(2)38(21(3)17-37)24-10-11-25-28(15-24)34-18-36(29(25)39)13-12-22-8-9-23(31)14-26(22)32/h8-11,14-15,18-21,27H,4-7,12-13,16-17H2,1-3H3,(H2,33,35)/t19?,20-,21+,27?. The molecular weight excluding hydrogens is 531 g/mol. The van der Waals surface area contributed by atoms with Crippen LogP contribution in [-0.2, 0) is 13.0 Å². The zero-order valence-corrected chi connectivity index (χ0v) is 24.5. The number of nitrogens with zero attached hydrogens (tertiary/aromatic N) is 5. The molecule has 9 heteroatoms. The van der Waals surface area contributed by atoms with Crippen LogP contribution in [0.3, 0.4) is 0 Å². The molecule has 2 fully saturated rings. The van der Waals surface area contributed by atoms with Gasteiger partial charge in [0.05, 0.1) is 23.3 Å². The second-order valence-corrected chi connectivity index (χ2v) is 12.1. The van der Waals surface area contributed by atoms with Crippen LogP contribution in [0.5, 0.6) is 0 Å². The molecule has 5 rings (SSSR count). The van der Waals surface area contributed by atoms with Crippen LogP contribution in [0.1, 0.15) is 52.0 Å². The minimum absolute atomic E-state index is 0.0523. The SMILES string of the molecule is CC1CCCCC1N=C(N)N1C[C@@H](C)N(c2ccc3c(=O)n(CCc4ccc(Cl)cc4Cl)cnc3c2)[C@@H](C)C1. The maximum atomic E-state index is 13.2. The summed E-state index contributed by atoms with van der Waals surface area (Å²) in [6.07, 6.45) is 7.16. The van der Waals surface area contributed by atoms with Crippen molar-refractivity contribution in [2.24, 2.45) is 16.6 Å². The quantitative estimate of drug-likeness (QED) is 0.313. The third kappa shape index (κ3) is 6.04. The smallest absolute Gasteiger partial charge is 0.261 e. The van der Waals surface area contributed by atoms with Gasteiger partial charge in [0, 0.05) is 47.5 Å². The highest BCUT2D eigenvalue weighted by atomic mass is 35.5. The maximum Gasteiger partial charge on any atom is 0.261 e. The number of piperazine rings is 1. The molecule has 39 heavy (non-hydrogen) atoms. The van der Waals surface area contributed by atoms with E-state index in [1.807, 2.05) is 30.3 Å². The van der Waals surface area contributed by atoms with Crippen molar-refractivity contribution in [3.63, 3.8) is 0 Å². The first-order valence-corrected chi connectivity index (χ1v) is 14.8. The lowest BCUT2D eigenvalue weighted by Crippen LogP contribution is -2.60. The van der Waals surface area contributed by atoms with Crippen molar-refractivity contribution in [3.8, 4) is 0 Å². The fourth-order valence-electron chi connectivity index (χ4n) is 6.19. The first kappa shape index (κ1) is 27.8. The van der Waals surface area contributed by atoms with Gasteiger partial charge in [-0.2, -0.15) is 0 Å². The van der Waals surface area contributed by atoms with Crippen LogP contribution in [0.2, 0.25) is 10.0 Å². The summed E-state index contributed by atoms with van der Waals surface area (Å²) in [6.45, 7) is 8.83. The minimum atomic E-state index is -0.0523. The van der Waals surface area contributed by atoms with Crippen LogP contribution in [0.15, 0.2) is 52.5 Å². The molecule has 0 amide bonds.